The van der Waals surface area contributed by atoms with Crippen LogP contribution in [-0.2, 0) is 6.54 Å². The Morgan fingerprint density at radius 2 is 1.90 bits per heavy atom. The van der Waals surface area contributed by atoms with Crippen molar-refractivity contribution in [3.63, 3.8) is 0 Å². The monoisotopic (exact) mass is 267 g/mol. The Bertz CT molecular complexity index is 742. The fourth-order valence-corrected chi connectivity index (χ4v) is 2.37. The summed E-state index contributed by atoms with van der Waals surface area (Å²) in [6.07, 6.45) is 1.79. The molecule has 0 aliphatic carbocycles. The first-order valence-electron chi connectivity index (χ1n) is 6.51. The Kier molecular flexibility index (Phi) is 3.06. The van der Waals surface area contributed by atoms with Crippen molar-refractivity contribution in [1.29, 1.82) is 0 Å². The predicted octanol–water partition coefficient (Wildman–Crippen LogP) is 2.98. The maximum absolute atomic E-state index is 5.88. The van der Waals surface area contributed by atoms with E-state index in [0.29, 0.717) is 5.95 Å². The third-order valence-corrected chi connectivity index (χ3v) is 3.54. The van der Waals surface area contributed by atoms with Crippen molar-refractivity contribution in [1.82, 2.24) is 9.55 Å². The van der Waals surface area contributed by atoms with Gasteiger partial charge in [-0.2, -0.15) is 0 Å². The number of rotatable bonds is 3. The summed E-state index contributed by atoms with van der Waals surface area (Å²) in [4.78, 5) is 4.12. The number of ether oxygens (including phenoxy) is 1. The molecule has 3 rings (SSSR count). The lowest BCUT2D eigenvalue weighted by Crippen LogP contribution is -2.06. The summed E-state index contributed by atoms with van der Waals surface area (Å²) in [5.74, 6) is 1.43. The normalized spacial score (nSPS) is 10.9. The summed E-state index contributed by atoms with van der Waals surface area (Å²) in [5.41, 5.74) is 8.15. The third kappa shape index (κ3) is 2.20. The van der Waals surface area contributed by atoms with Crippen molar-refractivity contribution in [3.8, 4) is 5.75 Å². The zero-order valence-electron chi connectivity index (χ0n) is 11.6. The molecule has 4 nitrogen and oxygen atoms in total. The summed E-state index contributed by atoms with van der Waals surface area (Å²) in [5, 5.41) is 2.36. The average Bonchev–Trinajstić information content (AvgIpc) is 2.78. The van der Waals surface area contributed by atoms with Gasteiger partial charge in [-0.05, 0) is 41.5 Å². The van der Waals surface area contributed by atoms with E-state index in [-0.39, 0.29) is 0 Å². The molecule has 0 aliphatic heterocycles. The number of anilines is 1. The summed E-state index contributed by atoms with van der Waals surface area (Å²) < 4.78 is 7.24. The second kappa shape index (κ2) is 4.89. The van der Waals surface area contributed by atoms with E-state index >= 15 is 0 Å². The van der Waals surface area contributed by atoms with Crippen LogP contribution >= 0.6 is 0 Å². The van der Waals surface area contributed by atoms with Gasteiger partial charge in [0.15, 0.2) is 0 Å². The van der Waals surface area contributed by atoms with Crippen LogP contribution in [0.15, 0.2) is 42.6 Å². The highest BCUT2D eigenvalue weighted by Crippen LogP contribution is 2.22. The zero-order valence-corrected chi connectivity index (χ0v) is 11.6. The SMILES string of the molecule is COc1ccc2cc(Cn3c(C)cnc3N)ccc2c1. The van der Waals surface area contributed by atoms with E-state index in [1.54, 1.807) is 13.3 Å². The summed E-state index contributed by atoms with van der Waals surface area (Å²) in [6.45, 7) is 2.74. The van der Waals surface area contributed by atoms with Gasteiger partial charge in [-0.15, -0.1) is 0 Å². The van der Waals surface area contributed by atoms with E-state index < -0.39 is 0 Å². The Hall–Kier alpha value is -2.49. The van der Waals surface area contributed by atoms with E-state index in [2.05, 4.69) is 29.2 Å². The number of benzene rings is 2. The summed E-state index contributed by atoms with van der Waals surface area (Å²) >= 11 is 0. The molecule has 2 aromatic carbocycles. The Morgan fingerprint density at radius 1 is 1.15 bits per heavy atom. The number of methoxy groups -OCH3 is 1. The Morgan fingerprint density at radius 3 is 2.60 bits per heavy atom. The third-order valence-electron chi connectivity index (χ3n) is 3.54. The maximum Gasteiger partial charge on any atom is 0.200 e. The van der Waals surface area contributed by atoms with Crippen molar-refractivity contribution in [2.75, 3.05) is 12.8 Å². The number of nitrogens with zero attached hydrogens (tertiary/aromatic N) is 2. The van der Waals surface area contributed by atoms with Crippen LogP contribution in [-0.4, -0.2) is 16.7 Å². The fourth-order valence-electron chi connectivity index (χ4n) is 2.37. The van der Waals surface area contributed by atoms with Crippen molar-refractivity contribution in [2.45, 2.75) is 13.5 Å². The molecule has 0 atom stereocenters. The van der Waals surface area contributed by atoms with Crippen molar-refractivity contribution >= 4 is 16.7 Å². The molecule has 1 heterocycles. The van der Waals surface area contributed by atoms with Gasteiger partial charge in [0, 0.05) is 5.69 Å². The number of aromatic nitrogens is 2. The topological polar surface area (TPSA) is 53.1 Å². The zero-order chi connectivity index (χ0) is 14.1. The van der Waals surface area contributed by atoms with Crippen LogP contribution in [0.25, 0.3) is 10.8 Å². The quantitative estimate of drug-likeness (QED) is 0.793. The second-order valence-electron chi connectivity index (χ2n) is 4.89. The van der Waals surface area contributed by atoms with Gasteiger partial charge in [0.2, 0.25) is 5.95 Å². The van der Waals surface area contributed by atoms with E-state index in [9.17, 15) is 0 Å². The van der Waals surface area contributed by atoms with Crippen LogP contribution in [0.5, 0.6) is 5.75 Å². The first-order chi connectivity index (χ1) is 9.67. The highest BCUT2D eigenvalue weighted by atomic mass is 16.5. The number of fused-ring (bicyclic) bond motifs is 1. The molecule has 0 radical (unpaired) electrons. The molecule has 0 unspecified atom stereocenters. The summed E-state index contributed by atoms with van der Waals surface area (Å²) in [7, 11) is 1.68. The lowest BCUT2D eigenvalue weighted by Gasteiger charge is -2.09. The highest BCUT2D eigenvalue weighted by Gasteiger charge is 2.05. The average molecular weight is 267 g/mol. The van der Waals surface area contributed by atoms with Crippen LogP contribution in [0.1, 0.15) is 11.3 Å². The van der Waals surface area contributed by atoms with Gasteiger partial charge >= 0.3 is 0 Å². The van der Waals surface area contributed by atoms with Gasteiger partial charge in [0.25, 0.3) is 0 Å². The number of imidazole rings is 1. The first kappa shape index (κ1) is 12.5. The molecule has 0 aliphatic rings. The number of nitrogen functional groups attached to an aromatic ring is 1. The molecular formula is C16H17N3O. The van der Waals surface area contributed by atoms with Crippen molar-refractivity contribution in [3.05, 3.63) is 53.9 Å². The Balaban J connectivity index is 1.97. The molecule has 0 amide bonds. The molecule has 4 heteroatoms. The summed E-state index contributed by atoms with van der Waals surface area (Å²) in [6, 6.07) is 12.5. The minimum atomic E-state index is 0.553. The molecule has 2 N–H and O–H groups in total. The smallest absolute Gasteiger partial charge is 0.200 e. The van der Waals surface area contributed by atoms with E-state index in [1.165, 1.54) is 16.3 Å². The van der Waals surface area contributed by atoms with E-state index in [0.717, 1.165) is 18.0 Å². The minimum absolute atomic E-state index is 0.553. The fraction of sp³-hybridized carbons (Fsp3) is 0.188. The van der Waals surface area contributed by atoms with Crippen molar-refractivity contribution in [2.24, 2.45) is 0 Å². The molecule has 0 saturated heterocycles. The van der Waals surface area contributed by atoms with Gasteiger partial charge in [0.05, 0.1) is 19.9 Å². The molecule has 102 valence electrons. The van der Waals surface area contributed by atoms with Crippen molar-refractivity contribution < 1.29 is 4.74 Å². The number of hydrogen-bond acceptors (Lipinski definition) is 3. The van der Waals surface area contributed by atoms with Crippen LogP contribution in [0.3, 0.4) is 0 Å². The number of nitrogens with two attached hydrogens (primary N) is 1. The molecular weight excluding hydrogens is 250 g/mol. The highest BCUT2D eigenvalue weighted by molar-refractivity contribution is 5.84. The Labute approximate surface area is 117 Å². The number of aryl methyl sites for hydroxylation is 1. The maximum atomic E-state index is 5.88. The van der Waals surface area contributed by atoms with Gasteiger partial charge in [-0.1, -0.05) is 18.2 Å². The molecule has 0 spiro atoms. The van der Waals surface area contributed by atoms with E-state index in [4.69, 9.17) is 10.5 Å². The van der Waals surface area contributed by atoms with E-state index in [1.807, 2.05) is 23.6 Å². The van der Waals surface area contributed by atoms with Crippen LogP contribution in [0.4, 0.5) is 5.95 Å². The van der Waals surface area contributed by atoms with Gasteiger partial charge in [-0.3, -0.25) is 0 Å². The molecule has 20 heavy (non-hydrogen) atoms. The first-order valence-corrected chi connectivity index (χ1v) is 6.51. The number of hydrogen-bond donors (Lipinski definition) is 1. The van der Waals surface area contributed by atoms with Crippen LogP contribution in [0.2, 0.25) is 0 Å². The van der Waals surface area contributed by atoms with Gasteiger partial charge < -0.3 is 15.0 Å². The molecule has 0 fully saturated rings. The van der Waals surface area contributed by atoms with Gasteiger partial charge in [-0.25, -0.2) is 4.98 Å². The van der Waals surface area contributed by atoms with Gasteiger partial charge in [0.1, 0.15) is 5.75 Å². The second-order valence-corrected chi connectivity index (χ2v) is 4.89. The lowest BCUT2D eigenvalue weighted by atomic mass is 10.1. The molecule has 3 aromatic rings. The molecule has 0 bridgehead atoms. The lowest BCUT2D eigenvalue weighted by molar-refractivity contribution is 0.415. The van der Waals surface area contributed by atoms with Crippen LogP contribution < -0.4 is 10.5 Å². The standard InChI is InChI=1S/C16H17N3O/c1-11-9-18-16(17)19(11)10-12-3-4-14-8-15(20-2)6-5-13(14)7-12/h3-9H,10H2,1-2H3,(H2,17,18). The molecule has 0 saturated carbocycles. The van der Waals surface area contributed by atoms with Crippen LogP contribution in [0, 0.1) is 6.92 Å². The largest absolute Gasteiger partial charge is 0.497 e. The predicted molar refractivity (Wildman–Crippen MR) is 81.0 cm³/mol. The molecule has 1 aromatic heterocycles. The minimum Gasteiger partial charge on any atom is -0.497 e.